The van der Waals surface area contributed by atoms with E-state index in [2.05, 4.69) is 16.9 Å². The van der Waals surface area contributed by atoms with Crippen molar-refractivity contribution in [3.63, 3.8) is 0 Å². The van der Waals surface area contributed by atoms with Crippen LogP contribution in [0.1, 0.15) is 37.9 Å². The van der Waals surface area contributed by atoms with Gasteiger partial charge in [-0.15, -0.1) is 0 Å². The third-order valence-electron chi connectivity index (χ3n) is 3.10. The van der Waals surface area contributed by atoms with Crippen molar-refractivity contribution in [2.45, 2.75) is 32.3 Å². The minimum absolute atomic E-state index is 0.374. The first-order valence-corrected chi connectivity index (χ1v) is 5.20. The molecule has 0 saturated heterocycles. The molecule has 3 atom stereocenters. The van der Waals surface area contributed by atoms with Crippen LogP contribution in [0.25, 0.3) is 0 Å². The summed E-state index contributed by atoms with van der Waals surface area (Å²) in [4.78, 5) is 7.85. The maximum atomic E-state index is 10.1. The highest BCUT2D eigenvalue weighted by atomic mass is 16.3. The topological polar surface area (TPSA) is 46.0 Å². The Kier molecular flexibility index (Phi) is 2.77. The highest BCUT2D eigenvalue weighted by Gasteiger charge is 2.28. The summed E-state index contributed by atoms with van der Waals surface area (Å²) in [5.41, 5.74) is 0.853. The van der Waals surface area contributed by atoms with Crippen LogP contribution < -0.4 is 0 Å². The number of hydrogen-bond donors (Lipinski definition) is 1. The third kappa shape index (κ3) is 1.93. The SMILES string of the molecule is CC1CCC(C(O)c2cncnc2)C1. The molecule has 0 aromatic carbocycles. The molecule has 1 N–H and O–H groups in total. The summed E-state index contributed by atoms with van der Waals surface area (Å²) >= 11 is 0. The molecule has 1 aromatic rings. The van der Waals surface area contributed by atoms with E-state index in [1.807, 2.05) is 0 Å². The molecule has 76 valence electrons. The molecule has 1 aliphatic carbocycles. The number of rotatable bonds is 2. The first kappa shape index (κ1) is 9.59. The van der Waals surface area contributed by atoms with Crippen molar-refractivity contribution in [2.24, 2.45) is 11.8 Å². The van der Waals surface area contributed by atoms with Gasteiger partial charge in [-0.3, -0.25) is 0 Å². The van der Waals surface area contributed by atoms with Gasteiger partial charge < -0.3 is 5.11 Å². The van der Waals surface area contributed by atoms with E-state index in [1.165, 1.54) is 12.7 Å². The van der Waals surface area contributed by atoms with Crippen LogP contribution in [0.2, 0.25) is 0 Å². The molecule has 1 heterocycles. The summed E-state index contributed by atoms with van der Waals surface area (Å²) in [6.07, 6.45) is 8.01. The van der Waals surface area contributed by atoms with Crippen molar-refractivity contribution in [1.82, 2.24) is 9.97 Å². The van der Waals surface area contributed by atoms with Crippen molar-refractivity contribution in [3.8, 4) is 0 Å². The Morgan fingerprint density at radius 3 is 2.64 bits per heavy atom. The van der Waals surface area contributed by atoms with Gasteiger partial charge in [0.1, 0.15) is 6.33 Å². The molecule has 1 fully saturated rings. The fourth-order valence-electron chi connectivity index (χ4n) is 2.27. The van der Waals surface area contributed by atoms with Crippen LogP contribution in [-0.4, -0.2) is 15.1 Å². The molecule has 0 radical (unpaired) electrons. The van der Waals surface area contributed by atoms with Crippen LogP contribution in [-0.2, 0) is 0 Å². The van der Waals surface area contributed by atoms with Gasteiger partial charge in [0.15, 0.2) is 0 Å². The zero-order valence-corrected chi connectivity index (χ0v) is 8.43. The number of aliphatic hydroxyl groups is 1. The van der Waals surface area contributed by atoms with Gasteiger partial charge in [-0.05, 0) is 24.7 Å². The van der Waals surface area contributed by atoms with E-state index in [1.54, 1.807) is 12.4 Å². The fraction of sp³-hybridized carbons (Fsp3) is 0.636. The molecule has 3 nitrogen and oxygen atoms in total. The lowest BCUT2D eigenvalue weighted by atomic mass is 9.95. The largest absolute Gasteiger partial charge is 0.388 e. The Hall–Kier alpha value is -0.960. The lowest BCUT2D eigenvalue weighted by molar-refractivity contribution is 0.109. The monoisotopic (exact) mass is 192 g/mol. The van der Waals surface area contributed by atoms with Crippen LogP contribution in [0.3, 0.4) is 0 Å². The summed E-state index contributed by atoms with van der Waals surface area (Å²) in [6.45, 7) is 2.24. The molecule has 3 unspecified atom stereocenters. The molecule has 14 heavy (non-hydrogen) atoms. The Bertz CT molecular complexity index is 289. The van der Waals surface area contributed by atoms with E-state index < -0.39 is 0 Å². The number of hydrogen-bond acceptors (Lipinski definition) is 3. The second-order valence-electron chi connectivity index (χ2n) is 4.29. The van der Waals surface area contributed by atoms with E-state index in [0.717, 1.165) is 24.3 Å². The van der Waals surface area contributed by atoms with Gasteiger partial charge in [0.25, 0.3) is 0 Å². The maximum Gasteiger partial charge on any atom is 0.115 e. The van der Waals surface area contributed by atoms with Crippen LogP contribution >= 0.6 is 0 Å². The molecule has 0 aliphatic heterocycles. The lowest BCUT2D eigenvalue weighted by Crippen LogP contribution is -2.09. The molecular weight excluding hydrogens is 176 g/mol. The van der Waals surface area contributed by atoms with Gasteiger partial charge in [-0.2, -0.15) is 0 Å². The minimum atomic E-state index is -0.374. The first-order chi connectivity index (χ1) is 6.77. The fourth-order valence-corrected chi connectivity index (χ4v) is 2.27. The quantitative estimate of drug-likeness (QED) is 0.779. The van der Waals surface area contributed by atoms with Crippen LogP contribution in [0.4, 0.5) is 0 Å². The van der Waals surface area contributed by atoms with Crippen LogP contribution in [0.15, 0.2) is 18.7 Å². The second kappa shape index (κ2) is 4.05. The molecule has 1 aliphatic rings. The van der Waals surface area contributed by atoms with Crippen LogP contribution in [0.5, 0.6) is 0 Å². The standard InChI is InChI=1S/C11H16N2O/c1-8-2-3-9(4-8)11(14)10-5-12-7-13-6-10/h5-9,11,14H,2-4H2,1H3. The summed E-state index contributed by atoms with van der Waals surface area (Å²) in [5, 5.41) is 10.1. The van der Waals surface area contributed by atoms with E-state index in [4.69, 9.17) is 0 Å². The molecule has 0 amide bonds. The van der Waals surface area contributed by atoms with Gasteiger partial charge in [0, 0.05) is 18.0 Å². The molecule has 0 spiro atoms. The highest BCUT2D eigenvalue weighted by Crippen LogP contribution is 2.38. The third-order valence-corrected chi connectivity index (χ3v) is 3.10. The van der Waals surface area contributed by atoms with Crippen molar-refractivity contribution < 1.29 is 5.11 Å². The number of aromatic nitrogens is 2. The van der Waals surface area contributed by atoms with Crippen LogP contribution in [0, 0.1) is 11.8 Å². The first-order valence-electron chi connectivity index (χ1n) is 5.20. The Balaban J connectivity index is 2.05. The van der Waals surface area contributed by atoms with E-state index in [0.29, 0.717) is 5.92 Å². The predicted octanol–water partition coefficient (Wildman–Crippen LogP) is 1.95. The zero-order chi connectivity index (χ0) is 9.97. The van der Waals surface area contributed by atoms with Gasteiger partial charge in [-0.25, -0.2) is 9.97 Å². The smallest absolute Gasteiger partial charge is 0.115 e. The highest BCUT2D eigenvalue weighted by molar-refractivity contribution is 5.08. The summed E-state index contributed by atoms with van der Waals surface area (Å²) in [7, 11) is 0. The Morgan fingerprint density at radius 2 is 2.07 bits per heavy atom. The summed E-state index contributed by atoms with van der Waals surface area (Å²) in [5.74, 6) is 1.15. The van der Waals surface area contributed by atoms with E-state index in [-0.39, 0.29) is 6.10 Å². The molecule has 2 rings (SSSR count). The van der Waals surface area contributed by atoms with Gasteiger partial charge in [0.05, 0.1) is 6.10 Å². The van der Waals surface area contributed by atoms with Gasteiger partial charge >= 0.3 is 0 Å². The van der Waals surface area contributed by atoms with Crippen molar-refractivity contribution in [3.05, 3.63) is 24.3 Å². The maximum absolute atomic E-state index is 10.1. The Labute approximate surface area is 84.2 Å². The second-order valence-corrected chi connectivity index (χ2v) is 4.29. The Morgan fingerprint density at radius 1 is 1.36 bits per heavy atom. The summed E-state index contributed by atoms with van der Waals surface area (Å²) < 4.78 is 0. The molecule has 1 aromatic heterocycles. The van der Waals surface area contributed by atoms with Gasteiger partial charge in [-0.1, -0.05) is 13.3 Å². The zero-order valence-electron chi connectivity index (χ0n) is 8.43. The van der Waals surface area contributed by atoms with Crippen molar-refractivity contribution in [2.75, 3.05) is 0 Å². The number of aliphatic hydroxyl groups excluding tert-OH is 1. The molecular formula is C11H16N2O. The average Bonchev–Trinajstić information content (AvgIpc) is 2.65. The molecule has 0 bridgehead atoms. The summed E-state index contributed by atoms with van der Waals surface area (Å²) in [6, 6.07) is 0. The average molecular weight is 192 g/mol. The lowest BCUT2D eigenvalue weighted by Gasteiger charge is -2.17. The van der Waals surface area contributed by atoms with Crippen molar-refractivity contribution >= 4 is 0 Å². The van der Waals surface area contributed by atoms with Crippen molar-refractivity contribution in [1.29, 1.82) is 0 Å². The predicted molar refractivity (Wildman–Crippen MR) is 53.5 cm³/mol. The molecule has 3 heteroatoms. The normalized spacial score (nSPS) is 29.0. The van der Waals surface area contributed by atoms with E-state index >= 15 is 0 Å². The van der Waals surface area contributed by atoms with Gasteiger partial charge in [0.2, 0.25) is 0 Å². The number of nitrogens with zero attached hydrogens (tertiary/aromatic N) is 2. The molecule has 1 saturated carbocycles. The van der Waals surface area contributed by atoms with E-state index in [9.17, 15) is 5.11 Å². The minimum Gasteiger partial charge on any atom is -0.388 e.